The van der Waals surface area contributed by atoms with Gasteiger partial charge in [-0.3, -0.25) is 4.90 Å². The van der Waals surface area contributed by atoms with Crippen molar-refractivity contribution in [2.75, 3.05) is 13.7 Å². The summed E-state index contributed by atoms with van der Waals surface area (Å²) in [5.41, 5.74) is 2.08. The summed E-state index contributed by atoms with van der Waals surface area (Å²) in [7, 11) is 2.09. The van der Waals surface area contributed by atoms with Crippen LogP contribution in [0.25, 0.3) is 6.08 Å². The van der Waals surface area contributed by atoms with E-state index in [-0.39, 0.29) is 6.10 Å². The van der Waals surface area contributed by atoms with E-state index in [0.717, 1.165) is 30.7 Å². The Balaban J connectivity index is 2.10. The maximum atomic E-state index is 10.6. The Kier molecular flexibility index (Phi) is 4.93. The summed E-state index contributed by atoms with van der Waals surface area (Å²) in [5.74, 6) is -0.925. The standard InChI is InChI=1S/C16H21NO3/c1-12-15(9-10-20-12)17(2)11-14-6-4-3-5-13(14)7-8-16(18)19/h3-8,12,15H,9-11H2,1-2H3,(H,18,19)/b8-7+. The molecule has 4 heteroatoms. The number of ether oxygens (including phenoxy) is 1. The maximum absolute atomic E-state index is 10.6. The first-order chi connectivity index (χ1) is 9.58. The van der Waals surface area contributed by atoms with Gasteiger partial charge >= 0.3 is 5.97 Å². The molecule has 0 aliphatic carbocycles. The van der Waals surface area contributed by atoms with Crippen LogP contribution in [0.3, 0.4) is 0 Å². The molecule has 1 aromatic carbocycles. The summed E-state index contributed by atoms with van der Waals surface area (Å²) in [6.07, 6.45) is 4.13. The summed E-state index contributed by atoms with van der Waals surface area (Å²) in [4.78, 5) is 12.9. The van der Waals surface area contributed by atoms with Gasteiger partial charge in [-0.25, -0.2) is 4.79 Å². The van der Waals surface area contributed by atoms with Crippen LogP contribution in [-0.2, 0) is 16.1 Å². The molecule has 1 saturated heterocycles. The molecule has 1 fully saturated rings. The molecular weight excluding hydrogens is 254 g/mol. The minimum Gasteiger partial charge on any atom is -0.478 e. The van der Waals surface area contributed by atoms with E-state index < -0.39 is 5.97 Å². The predicted molar refractivity (Wildman–Crippen MR) is 78.4 cm³/mol. The van der Waals surface area contributed by atoms with E-state index in [9.17, 15) is 4.79 Å². The molecule has 2 atom stereocenters. The zero-order valence-corrected chi connectivity index (χ0v) is 12.0. The number of benzene rings is 1. The Morgan fingerprint density at radius 1 is 1.50 bits per heavy atom. The first kappa shape index (κ1) is 14.8. The first-order valence-corrected chi connectivity index (χ1v) is 6.88. The number of likely N-dealkylation sites (N-methyl/N-ethyl adjacent to an activating group) is 1. The van der Waals surface area contributed by atoms with Crippen molar-refractivity contribution in [1.29, 1.82) is 0 Å². The van der Waals surface area contributed by atoms with Gasteiger partial charge < -0.3 is 9.84 Å². The number of hydrogen-bond acceptors (Lipinski definition) is 3. The van der Waals surface area contributed by atoms with E-state index in [2.05, 4.69) is 18.9 Å². The van der Waals surface area contributed by atoms with Gasteiger partial charge in [0.15, 0.2) is 0 Å². The normalized spacial score (nSPS) is 22.8. The molecule has 2 unspecified atom stereocenters. The number of carboxylic acid groups (broad SMARTS) is 1. The molecule has 0 spiro atoms. The molecule has 20 heavy (non-hydrogen) atoms. The van der Waals surface area contributed by atoms with Gasteiger partial charge in [0.2, 0.25) is 0 Å². The molecule has 1 aliphatic rings. The summed E-state index contributed by atoms with van der Waals surface area (Å²) in [6, 6.07) is 8.31. The lowest BCUT2D eigenvalue weighted by atomic mass is 10.0. The molecule has 1 heterocycles. The van der Waals surface area contributed by atoms with E-state index in [1.807, 2.05) is 24.3 Å². The monoisotopic (exact) mass is 275 g/mol. The third-order valence-corrected chi connectivity index (χ3v) is 3.78. The highest BCUT2D eigenvalue weighted by atomic mass is 16.5. The lowest BCUT2D eigenvalue weighted by Gasteiger charge is -2.27. The molecule has 1 aromatic rings. The summed E-state index contributed by atoms with van der Waals surface area (Å²) < 4.78 is 5.60. The van der Waals surface area contributed by atoms with E-state index in [1.54, 1.807) is 6.08 Å². The molecule has 2 rings (SSSR count). The largest absolute Gasteiger partial charge is 0.478 e. The Bertz CT molecular complexity index is 498. The van der Waals surface area contributed by atoms with Gasteiger partial charge in [0.25, 0.3) is 0 Å². The number of nitrogens with zero attached hydrogens (tertiary/aromatic N) is 1. The van der Waals surface area contributed by atoms with Gasteiger partial charge in [-0.1, -0.05) is 24.3 Å². The van der Waals surface area contributed by atoms with E-state index in [4.69, 9.17) is 9.84 Å². The Labute approximate surface area is 119 Å². The van der Waals surface area contributed by atoms with Crippen LogP contribution in [0, 0.1) is 0 Å². The van der Waals surface area contributed by atoms with Gasteiger partial charge in [0, 0.05) is 25.3 Å². The van der Waals surface area contributed by atoms with Crippen LogP contribution in [-0.4, -0.2) is 41.8 Å². The van der Waals surface area contributed by atoms with Crippen LogP contribution in [0.4, 0.5) is 0 Å². The van der Waals surface area contributed by atoms with Crippen molar-refractivity contribution in [1.82, 2.24) is 4.90 Å². The fourth-order valence-corrected chi connectivity index (χ4v) is 2.69. The van der Waals surface area contributed by atoms with Gasteiger partial charge in [0.1, 0.15) is 0 Å². The zero-order chi connectivity index (χ0) is 14.5. The number of rotatable bonds is 5. The van der Waals surface area contributed by atoms with Crippen LogP contribution < -0.4 is 0 Å². The van der Waals surface area contributed by atoms with Crippen molar-refractivity contribution in [3.63, 3.8) is 0 Å². The molecule has 1 aliphatic heterocycles. The van der Waals surface area contributed by atoms with Gasteiger partial charge in [-0.2, -0.15) is 0 Å². The molecule has 108 valence electrons. The minimum atomic E-state index is -0.925. The number of aliphatic carboxylic acids is 1. The van der Waals surface area contributed by atoms with Crippen LogP contribution in [0.15, 0.2) is 30.3 Å². The highest BCUT2D eigenvalue weighted by Crippen LogP contribution is 2.21. The lowest BCUT2D eigenvalue weighted by molar-refractivity contribution is -0.131. The average Bonchev–Trinajstić information content (AvgIpc) is 2.84. The topological polar surface area (TPSA) is 49.8 Å². The molecule has 0 aromatic heterocycles. The molecule has 0 amide bonds. The number of carbonyl (C=O) groups is 1. The van der Waals surface area contributed by atoms with Gasteiger partial charge in [-0.05, 0) is 37.6 Å². The number of carboxylic acids is 1. The summed E-state index contributed by atoms with van der Waals surface area (Å²) >= 11 is 0. The first-order valence-electron chi connectivity index (χ1n) is 6.88. The molecule has 0 radical (unpaired) electrons. The van der Waals surface area contributed by atoms with E-state index >= 15 is 0 Å². The molecule has 0 saturated carbocycles. The van der Waals surface area contributed by atoms with Crippen molar-refractivity contribution in [3.8, 4) is 0 Å². The van der Waals surface area contributed by atoms with Gasteiger partial charge in [0.05, 0.1) is 6.10 Å². The molecule has 1 N–H and O–H groups in total. The quantitative estimate of drug-likeness (QED) is 0.838. The fraction of sp³-hybridized carbons (Fsp3) is 0.438. The summed E-state index contributed by atoms with van der Waals surface area (Å²) in [5, 5.41) is 8.74. The predicted octanol–water partition coefficient (Wildman–Crippen LogP) is 2.39. The second kappa shape index (κ2) is 6.68. The Morgan fingerprint density at radius 3 is 2.90 bits per heavy atom. The second-order valence-electron chi connectivity index (χ2n) is 5.22. The Hall–Kier alpha value is -1.65. The molecule has 4 nitrogen and oxygen atoms in total. The van der Waals surface area contributed by atoms with Crippen molar-refractivity contribution in [2.24, 2.45) is 0 Å². The lowest BCUT2D eigenvalue weighted by Crippen LogP contribution is -2.36. The van der Waals surface area contributed by atoms with Crippen molar-refractivity contribution in [3.05, 3.63) is 41.5 Å². The van der Waals surface area contributed by atoms with Crippen molar-refractivity contribution in [2.45, 2.75) is 32.0 Å². The fourth-order valence-electron chi connectivity index (χ4n) is 2.69. The van der Waals surface area contributed by atoms with Crippen molar-refractivity contribution >= 4 is 12.0 Å². The third kappa shape index (κ3) is 3.68. The van der Waals surface area contributed by atoms with E-state index in [0.29, 0.717) is 6.04 Å². The molecule has 0 bridgehead atoms. The van der Waals surface area contributed by atoms with Crippen LogP contribution in [0.2, 0.25) is 0 Å². The minimum absolute atomic E-state index is 0.252. The Morgan fingerprint density at radius 2 is 2.25 bits per heavy atom. The smallest absolute Gasteiger partial charge is 0.328 e. The van der Waals surface area contributed by atoms with Crippen LogP contribution in [0.1, 0.15) is 24.5 Å². The van der Waals surface area contributed by atoms with Crippen LogP contribution >= 0.6 is 0 Å². The number of hydrogen-bond donors (Lipinski definition) is 1. The van der Waals surface area contributed by atoms with E-state index in [1.165, 1.54) is 6.08 Å². The second-order valence-corrected chi connectivity index (χ2v) is 5.22. The SMILES string of the molecule is CC1OCCC1N(C)Cc1ccccc1/C=C/C(=O)O. The maximum Gasteiger partial charge on any atom is 0.328 e. The third-order valence-electron chi connectivity index (χ3n) is 3.78. The summed E-state index contributed by atoms with van der Waals surface area (Å²) in [6.45, 7) is 3.71. The highest BCUT2D eigenvalue weighted by Gasteiger charge is 2.27. The van der Waals surface area contributed by atoms with Crippen LogP contribution in [0.5, 0.6) is 0 Å². The van der Waals surface area contributed by atoms with Crippen molar-refractivity contribution < 1.29 is 14.6 Å². The highest BCUT2D eigenvalue weighted by molar-refractivity contribution is 5.85. The van der Waals surface area contributed by atoms with Gasteiger partial charge in [-0.15, -0.1) is 0 Å². The molecular formula is C16H21NO3. The zero-order valence-electron chi connectivity index (χ0n) is 12.0. The average molecular weight is 275 g/mol.